The zero-order chi connectivity index (χ0) is 14.0. The van der Waals surface area contributed by atoms with E-state index in [1.807, 2.05) is 0 Å². The lowest BCUT2D eigenvalue weighted by Crippen LogP contribution is -2.53. The van der Waals surface area contributed by atoms with Crippen LogP contribution in [0.3, 0.4) is 0 Å². The molecule has 2 atom stereocenters. The number of rotatable bonds is 5. The third-order valence-electron chi connectivity index (χ3n) is 3.91. The number of nitrogens with one attached hydrogen (secondary N) is 1. The van der Waals surface area contributed by atoms with Gasteiger partial charge in [0.15, 0.2) is 5.82 Å². The fourth-order valence-electron chi connectivity index (χ4n) is 2.11. The van der Waals surface area contributed by atoms with Gasteiger partial charge in [-0.1, -0.05) is 19.0 Å². The number of hydrogen-bond donors (Lipinski definition) is 2. The smallest absolute Gasteiger partial charge is 0.307 e. The van der Waals surface area contributed by atoms with Gasteiger partial charge in [-0.2, -0.15) is 4.98 Å². The van der Waals surface area contributed by atoms with Gasteiger partial charge >= 0.3 is 5.97 Å². The van der Waals surface area contributed by atoms with E-state index in [1.165, 1.54) is 13.3 Å². The Morgan fingerprint density at radius 2 is 2.11 bits per heavy atom. The lowest BCUT2D eigenvalue weighted by molar-refractivity contribution is -0.146. The molecule has 1 heterocycles. The minimum absolute atomic E-state index is 0.292. The monoisotopic (exact) mass is 267 g/mol. The second-order valence-corrected chi connectivity index (χ2v) is 5.10. The van der Waals surface area contributed by atoms with Crippen molar-refractivity contribution in [3.05, 3.63) is 12.2 Å². The number of aromatic nitrogens is 2. The molecule has 1 aliphatic carbocycles. The molecule has 1 aromatic heterocycles. The molecule has 1 saturated carbocycles. The predicted molar refractivity (Wildman–Crippen MR) is 63.9 cm³/mol. The summed E-state index contributed by atoms with van der Waals surface area (Å²) < 4.78 is 4.72. The van der Waals surface area contributed by atoms with Crippen molar-refractivity contribution in [2.75, 3.05) is 0 Å². The van der Waals surface area contributed by atoms with Crippen LogP contribution in [0.5, 0.6) is 0 Å². The number of carbonyl (C=O) groups is 2. The highest BCUT2D eigenvalue weighted by Crippen LogP contribution is 2.39. The van der Waals surface area contributed by atoms with E-state index < -0.39 is 23.3 Å². The first-order chi connectivity index (χ1) is 8.96. The Bertz CT molecular complexity index is 467. The van der Waals surface area contributed by atoms with Gasteiger partial charge in [-0.3, -0.25) is 9.59 Å². The summed E-state index contributed by atoms with van der Waals surface area (Å²) in [4.78, 5) is 27.0. The summed E-state index contributed by atoms with van der Waals surface area (Å²) >= 11 is 0. The number of nitrogens with zero attached hydrogens (tertiary/aromatic N) is 2. The third-order valence-corrected chi connectivity index (χ3v) is 3.91. The van der Waals surface area contributed by atoms with E-state index in [1.54, 1.807) is 6.92 Å². The lowest BCUT2D eigenvalue weighted by atomic mass is 9.75. The first-order valence-electron chi connectivity index (χ1n) is 6.28. The highest BCUT2D eigenvalue weighted by molar-refractivity contribution is 5.84. The van der Waals surface area contributed by atoms with Gasteiger partial charge in [0.2, 0.25) is 12.3 Å². The number of carboxylic acids is 1. The highest BCUT2D eigenvalue weighted by Gasteiger charge is 2.45. The van der Waals surface area contributed by atoms with E-state index >= 15 is 0 Å². The largest absolute Gasteiger partial charge is 0.481 e. The Morgan fingerprint density at radius 1 is 1.42 bits per heavy atom. The molecule has 1 fully saturated rings. The van der Waals surface area contributed by atoms with E-state index in [2.05, 4.69) is 15.5 Å². The molecule has 7 nitrogen and oxygen atoms in total. The first-order valence-corrected chi connectivity index (χ1v) is 6.28. The number of amides is 1. The van der Waals surface area contributed by atoms with Crippen molar-refractivity contribution >= 4 is 11.9 Å². The van der Waals surface area contributed by atoms with Crippen LogP contribution < -0.4 is 5.32 Å². The van der Waals surface area contributed by atoms with Crippen LogP contribution in [-0.4, -0.2) is 27.1 Å². The second kappa shape index (κ2) is 4.99. The average Bonchev–Trinajstić information content (AvgIpc) is 2.85. The van der Waals surface area contributed by atoms with Gasteiger partial charge in [-0.05, 0) is 19.3 Å². The molecule has 2 rings (SSSR count). The van der Waals surface area contributed by atoms with Gasteiger partial charge < -0.3 is 14.9 Å². The molecular weight excluding hydrogens is 250 g/mol. The van der Waals surface area contributed by atoms with Crippen molar-refractivity contribution in [2.24, 2.45) is 11.8 Å². The number of carboxylic acid groups (broad SMARTS) is 1. The maximum atomic E-state index is 12.1. The summed E-state index contributed by atoms with van der Waals surface area (Å²) in [7, 11) is 0. The fraction of sp³-hybridized carbons (Fsp3) is 0.667. The molecule has 0 radical (unpaired) electrons. The van der Waals surface area contributed by atoms with Crippen molar-refractivity contribution < 1.29 is 19.2 Å². The molecular formula is C12H17N3O4. The van der Waals surface area contributed by atoms with Crippen molar-refractivity contribution in [3.63, 3.8) is 0 Å². The summed E-state index contributed by atoms with van der Waals surface area (Å²) in [6.45, 7) is 3.13. The zero-order valence-corrected chi connectivity index (χ0v) is 10.9. The van der Waals surface area contributed by atoms with Crippen LogP contribution in [0.2, 0.25) is 0 Å². The molecule has 2 unspecified atom stereocenters. The van der Waals surface area contributed by atoms with Crippen LogP contribution in [0.4, 0.5) is 0 Å². The molecule has 0 saturated heterocycles. The summed E-state index contributed by atoms with van der Waals surface area (Å²) in [6, 6.07) is 0. The van der Waals surface area contributed by atoms with E-state index in [4.69, 9.17) is 9.63 Å². The number of aliphatic carboxylic acids is 1. The maximum Gasteiger partial charge on any atom is 0.307 e. The lowest BCUT2D eigenvalue weighted by Gasteiger charge is -2.40. The molecule has 0 spiro atoms. The van der Waals surface area contributed by atoms with E-state index in [9.17, 15) is 9.59 Å². The van der Waals surface area contributed by atoms with Crippen molar-refractivity contribution in [1.29, 1.82) is 0 Å². The minimum Gasteiger partial charge on any atom is -0.481 e. The summed E-state index contributed by atoms with van der Waals surface area (Å²) in [5.41, 5.74) is -0.587. The molecule has 104 valence electrons. The molecule has 1 aliphatic rings. The van der Waals surface area contributed by atoms with Crippen molar-refractivity contribution in [3.8, 4) is 0 Å². The molecule has 1 amide bonds. The van der Waals surface area contributed by atoms with Crippen LogP contribution in [0.1, 0.15) is 38.9 Å². The molecule has 19 heavy (non-hydrogen) atoms. The van der Waals surface area contributed by atoms with Gasteiger partial charge in [0.1, 0.15) is 5.54 Å². The van der Waals surface area contributed by atoms with E-state index in [0.29, 0.717) is 5.82 Å². The highest BCUT2D eigenvalue weighted by atomic mass is 16.5. The third kappa shape index (κ3) is 2.45. The summed E-state index contributed by atoms with van der Waals surface area (Å²) in [6.07, 6.45) is 3.68. The molecule has 7 heteroatoms. The Kier molecular flexibility index (Phi) is 3.55. The van der Waals surface area contributed by atoms with Crippen LogP contribution >= 0.6 is 0 Å². The Balaban J connectivity index is 2.07. The molecule has 1 aromatic rings. The van der Waals surface area contributed by atoms with E-state index in [0.717, 1.165) is 19.3 Å². The summed E-state index contributed by atoms with van der Waals surface area (Å²) in [5, 5.41) is 15.6. The quantitative estimate of drug-likeness (QED) is 0.821. The van der Waals surface area contributed by atoms with Gasteiger partial charge in [0, 0.05) is 5.92 Å². The number of hydrogen-bond acceptors (Lipinski definition) is 5. The van der Waals surface area contributed by atoms with Gasteiger partial charge in [-0.15, -0.1) is 0 Å². The van der Waals surface area contributed by atoms with Crippen LogP contribution in [-0.2, 0) is 15.1 Å². The molecule has 0 aliphatic heterocycles. The number of carbonyl (C=O) groups excluding carboxylic acids is 1. The normalized spacial score (nSPS) is 20.1. The summed E-state index contributed by atoms with van der Waals surface area (Å²) in [5.74, 6) is -2.16. The molecule has 2 N–H and O–H groups in total. The predicted octanol–water partition coefficient (Wildman–Crippen LogP) is 0.922. The Labute approximate surface area is 110 Å². The second-order valence-electron chi connectivity index (χ2n) is 5.10. The van der Waals surface area contributed by atoms with Crippen LogP contribution in [0.25, 0.3) is 0 Å². The fourth-order valence-corrected chi connectivity index (χ4v) is 2.11. The van der Waals surface area contributed by atoms with Gasteiger partial charge in [-0.25, -0.2) is 0 Å². The minimum atomic E-state index is -0.982. The van der Waals surface area contributed by atoms with Crippen LogP contribution in [0.15, 0.2) is 10.9 Å². The van der Waals surface area contributed by atoms with Crippen molar-refractivity contribution in [2.45, 2.75) is 38.6 Å². The zero-order valence-electron chi connectivity index (χ0n) is 10.9. The maximum absolute atomic E-state index is 12.1. The standard InChI is InChI=1S/C12H17N3O4/c1-7(8(2)10(17)18)9(16)14-12(4-3-5-12)11-13-6-19-15-11/h6-8H,3-5H2,1-2H3,(H,14,16)(H,17,18). The average molecular weight is 267 g/mol. The SMILES string of the molecule is CC(C(=O)O)C(C)C(=O)NC1(c2ncon2)CCC1. The molecule has 0 bridgehead atoms. The first kappa shape index (κ1) is 13.5. The Hall–Kier alpha value is -1.92. The van der Waals surface area contributed by atoms with E-state index in [-0.39, 0.29) is 5.91 Å². The van der Waals surface area contributed by atoms with Gasteiger partial charge in [0.05, 0.1) is 5.92 Å². The van der Waals surface area contributed by atoms with Crippen LogP contribution in [0, 0.1) is 11.8 Å². The Morgan fingerprint density at radius 3 is 2.53 bits per heavy atom. The van der Waals surface area contributed by atoms with Gasteiger partial charge in [0.25, 0.3) is 0 Å². The molecule has 0 aromatic carbocycles. The van der Waals surface area contributed by atoms with Crippen molar-refractivity contribution in [1.82, 2.24) is 15.5 Å². The topological polar surface area (TPSA) is 105 Å².